The van der Waals surface area contributed by atoms with E-state index in [0.717, 1.165) is 5.56 Å². The molecule has 1 aliphatic heterocycles. The number of benzene rings is 1. The number of rotatable bonds is 6. The van der Waals surface area contributed by atoms with Gasteiger partial charge >= 0.3 is 0 Å². The number of nitrogens with two attached hydrogens (primary N) is 2. The van der Waals surface area contributed by atoms with E-state index >= 15 is 0 Å². The molecule has 3 heterocycles. The molecule has 11 nitrogen and oxygen atoms in total. The number of nitrogens with zero attached hydrogens (tertiary/aromatic N) is 4. The summed E-state index contributed by atoms with van der Waals surface area (Å²) >= 11 is 0. The van der Waals surface area contributed by atoms with Gasteiger partial charge in [0.25, 0.3) is 5.91 Å². The summed E-state index contributed by atoms with van der Waals surface area (Å²) in [5.41, 5.74) is 12.9. The molecule has 0 unspecified atom stereocenters. The van der Waals surface area contributed by atoms with Crippen LogP contribution in [0.2, 0.25) is 0 Å². The van der Waals surface area contributed by atoms with Crippen molar-refractivity contribution < 1.29 is 13.9 Å². The van der Waals surface area contributed by atoms with Crippen LogP contribution in [0, 0.1) is 0 Å². The van der Waals surface area contributed by atoms with E-state index in [1.807, 2.05) is 12.1 Å². The van der Waals surface area contributed by atoms with E-state index in [1.54, 1.807) is 18.3 Å². The van der Waals surface area contributed by atoms with Crippen LogP contribution in [0.15, 0.2) is 41.1 Å². The zero-order chi connectivity index (χ0) is 20.2. The van der Waals surface area contributed by atoms with E-state index in [-0.39, 0.29) is 29.5 Å². The molecule has 3 aromatic rings. The van der Waals surface area contributed by atoms with Crippen molar-refractivity contribution >= 4 is 23.4 Å². The normalized spacial score (nSPS) is 18.9. The Morgan fingerprint density at radius 2 is 2.03 bits per heavy atom. The van der Waals surface area contributed by atoms with Crippen molar-refractivity contribution in [3.63, 3.8) is 0 Å². The Morgan fingerprint density at radius 1 is 1.21 bits per heavy atom. The molecule has 0 bridgehead atoms. The molecule has 2 atom stereocenters. The quantitative estimate of drug-likeness (QED) is 0.470. The number of primary amides is 1. The van der Waals surface area contributed by atoms with E-state index < -0.39 is 5.91 Å². The minimum Gasteiger partial charge on any atom is -0.445 e. The molecule has 1 aliphatic rings. The summed E-state index contributed by atoms with van der Waals surface area (Å²) in [5, 5.41) is 14.1. The second kappa shape index (κ2) is 8.20. The molecule has 1 fully saturated rings. The van der Waals surface area contributed by atoms with Crippen LogP contribution in [0.3, 0.4) is 0 Å². The first-order chi connectivity index (χ1) is 14.1. The van der Waals surface area contributed by atoms with Crippen LogP contribution in [0.4, 0.5) is 17.5 Å². The molecular weight excluding hydrogens is 376 g/mol. The first-order valence-corrected chi connectivity index (χ1v) is 9.01. The number of anilines is 3. The fourth-order valence-corrected chi connectivity index (χ4v) is 2.94. The molecular formula is C18H20N8O3. The molecule has 6 N–H and O–H groups in total. The van der Waals surface area contributed by atoms with E-state index in [1.165, 1.54) is 6.26 Å². The van der Waals surface area contributed by atoms with Gasteiger partial charge in [0.15, 0.2) is 11.5 Å². The summed E-state index contributed by atoms with van der Waals surface area (Å²) in [7, 11) is 0. The van der Waals surface area contributed by atoms with Crippen LogP contribution < -0.4 is 22.1 Å². The highest BCUT2D eigenvalue weighted by molar-refractivity contribution is 5.96. The van der Waals surface area contributed by atoms with Crippen molar-refractivity contribution in [3.05, 3.63) is 42.4 Å². The Hall–Kier alpha value is -3.57. The highest BCUT2D eigenvalue weighted by atomic mass is 16.5. The molecule has 4 rings (SSSR count). The summed E-state index contributed by atoms with van der Waals surface area (Å²) in [4.78, 5) is 20.2. The van der Waals surface area contributed by atoms with Gasteiger partial charge in [-0.3, -0.25) is 4.79 Å². The van der Waals surface area contributed by atoms with Gasteiger partial charge < -0.3 is 31.3 Å². The van der Waals surface area contributed by atoms with Crippen LogP contribution in [0.5, 0.6) is 0 Å². The SMILES string of the molecule is NC(=O)c1nnc(N[C@@H]2CCOC[C@@H]2N)nc1Nc1ccc(-c2ncco2)cc1. The van der Waals surface area contributed by atoms with Crippen molar-refractivity contribution in [2.24, 2.45) is 11.5 Å². The van der Waals surface area contributed by atoms with Gasteiger partial charge in [0.05, 0.1) is 12.8 Å². The van der Waals surface area contributed by atoms with Gasteiger partial charge in [-0.05, 0) is 30.7 Å². The second-order valence-electron chi connectivity index (χ2n) is 6.51. The zero-order valence-corrected chi connectivity index (χ0v) is 15.4. The Kier molecular flexibility index (Phi) is 5.31. The molecule has 29 heavy (non-hydrogen) atoms. The lowest BCUT2D eigenvalue weighted by Gasteiger charge is -2.29. The van der Waals surface area contributed by atoms with Gasteiger partial charge in [0.2, 0.25) is 11.8 Å². The predicted molar refractivity (Wildman–Crippen MR) is 104 cm³/mol. The lowest BCUT2D eigenvalue weighted by atomic mass is 10.1. The molecule has 1 saturated heterocycles. The van der Waals surface area contributed by atoms with Crippen LogP contribution in [0.1, 0.15) is 16.9 Å². The van der Waals surface area contributed by atoms with E-state index in [2.05, 4.69) is 30.8 Å². The molecule has 0 spiro atoms. The van der Waals surface area contributed by atoms with E-state index in [0.29, 0.717) is 31.2 Å². The first-order valence-electron chi connectivity index (χ1n) is 9.01. The standard InChI is InChI=1S/C18H20N8O3/c19-12-9-28-7-5-13(12)23-18-24-16(14(15(20)27)25-26-18)22-11-3-1-10(2-4-11)17-21-6-8-29-17/h1-4,6,8,12-13H,5,7,9,19H2,(H2,20,27)(H2,22,23,24,26)/t12-,13+/m0/s1. The van der Waals surface area contributed by atoms with Gasteiger partial charge in [0.1, 0.15) is 6.26 Å². The molecule has 0 saturated carbocycles. The number of ether oxygens (including phenoxy) is 1. The molecule has 150 valence electrons. The number of hydrogen-bond acceptors (Lipinski definition) is 10. The van der Waals surface area contributed by atoms with Gasteiger partial charge in [-0.15, -0.1) is 10.2 Å². The Balaban J connectivity index is 1.55. The first kappa shape index (κ1) is 18.8. The topological polar surface area (TPSA) is 167 Å². The number of hydrogen-bond donors (Lipinski definition) is 4. The summed E-state index contributed by atoms with van der Waals surface area (Å²) in [6.07, 6.45) is 3.80. The Labute approximate surface area is 165 Å². The number of carbonyl (C=O) groups excluding carboxylic acids is 1. The van der Waals surface area contributed by atoms with E-state index in [9.17, 15) is 4.79 Å². The maximum Gasteiger partial charge on any atom is 0.273 e. The summed E-state index contributed by atoms with van der Waals surface area (Å²) < 4.78 is 10.6. The maximum atomic E-state index is 11.7. The smallest absolute Gasteiger partial charge is 0.273 e. The number of oxazole rings is 1. The van der Waals surface area contributed by atoms with Crippen molar-refractivity contribution in [2.75, 3.05) is 23.8 Å². The maximum absolute atomic E-state index is 11.7. The van der Waals surface area contributed by atoms with Crippen molar-refractivity contribution in [3.8, 4) is 11.5 Å². The van der Waals surface area contributed by atoms with Gasteiger partial charge in [-0.2, -0.15) is 4.98 Å². The minimum absolute atomic E-state index is 0.0575. The van der Waals surface area contributed by atoms with Gasteiger partial charge in [-0.25, -0.2) is 4.98 Å². The fraction of sp³-hybridized carbons (Fsp3) is 0.278. The molecule has 0 radical (unpaired) electrons. The number of amides is 1. The highest BCUT2D eigenvalue weighted by Gasteiger charge is 2.24. The second-order valence-corrected chi connectivity index (χ2v) is 6.51. The average Bonchev–Trinajstić information content (AvgIpc) is 3.25. The lowest BCUT2D eigenvalue weighted by Crippen LogP contribution is -2.48. The zero-order valence-electron chi connectivity index (χ0n) is 15.4. The van der Waals surface area contributed by atoms with Crippen molar-refractivity contribution in [2.45, 2.75) is 18.5 Å². The Bertz CT molecular complexity index is 977. The van der Waals surface area contributed by atoms with Crippen LogP contribution >= 0.6 is 0 Å². The third-order valence-corrected chi connectivity index (χ3v) is 4.46. The van der Waals surface area contributed by atoms with Crippen molar-refractivity contribution in [1.29, 1.82) is 0 Å². The molecule has 2 aromatic heterocycles. The largest absolute Gasteiger partial charge is 0.445 e. The predicted octanol–water partition coefficient (Wildman–Crippen LogP) is 0.897. The monoisotopic (exact) mass is 396 g/mol. The number of nitrogens with one attached hydrogen (secondary N) is 2. The third kappa shape index (κ3) is 4.31. The third-order valence-electron chi connectivity index (χ3n) is 4.46. The lowest BCUT2D eigenvalue weighted by molar-refractivity contribution is 0.0751. The van der Waals surface area contributed by atoms with E-state index in [4.69, 9.17) is 20.6 Å². The van der Waals surface area contributed by atoms with Crippen molar-refractivity contribution in [1.82, 2.24) is 20.2 Å². The fourth-order valence-electron chi connectivity index (χ4n) is 2.94. The summed E-state index contributed by atoms with van der Waals surface area (Å²) in [6.45, 7) is 1.05. The van der Waals surface area contributed by atoms with Crippen LogP contribution in [-0.2, 0) is 4.74 Å². The molecule has 0 aliphatic carbocycles. The average molecular weight is 396 g/mol. The summed E-state index contributed by atoms with van der Waals surface area (Å²) in [6, 6.07) is 7.00. The Morgan fingerprint density at radius 3 is 2.72 bits per heavy atom. The summed E-state index contributed by atoms with van der Waals surface area (Å²) in [5.74, 6) is 0.214. The number of carbonyl (C=O) groups is 1. The number of aromatic nitrogens is 4. The minimum atomic E-state index is -0.738. The van der Waals surface area contributed by atoms with Gasteiger partial charge in [-0.1, -0.05) is 0 Å². The molecule has 1 amide bonds. The van der Waals surface area contributed by atoms with Crippen LogP contribution in [0.25, 0.3) is 11.5 Å². The van der Waals surface area contributed by atoms with Gasteiger partial charge in [0, 0.05) is 29.9 Å². The molecule has 11 heteroatoms. The highest BCUT2D eigenvalue weighted by Crippen LogP contribution is 2.23. The van der Waals surface area contributed by atoms with Crippen LogP contribution in [-0.4, -0.2) is 51.4 Å². The molecule has 1 aromatic carbocycles.